The van der Waals surface area contributed by atoms with E-state index >= 15 is 0 Å². The van der Waals surface area contributed by atoms with Gasteiger partial charge in [-0.2, -0.15) is 0 Å². The standard InChI is InChI=1S/C25H27N3O2S/c1-25(2,26)13-14-29-22-11-9-20(10-12-22)24-28-27-23(30-24)17-31-16-18-7-8-19-5-3-4-6-21(19)15-18/h3-12,15H,13-14,16-17,26H2,1-2H3. The number of nitrogens with zero attached hydrogens (tertiary/aromatic N) is 2. The van der Waals surface area contributed by atoms with Gasteiger partial charge in [0.05, 0.1) is 12.4 Å². The molecule has 3 aromatic carbocycles. The fourth-order valence-electron chi connectivity index (χ4n) is 3.14. The number of benzene rings is 3. The molecule has 0 unspecified atom stereocenters. The quantitative estimate of drug-likeness (QED) is 0.358. The molecule has 0 atom stereocenters. The average Bonchev–Trinajstić information content (AvgIpc) is 3.22. The van der Waals surface area contributed by atoms with Gasteiger partial charge in [-0.1, -0.05) is 42.5 Å². The maximum Gasteiger partial charge on any atom is 0.247 e. The van der Waals surface area contributed by atoms with Crippen molar-refractivity contribution in [3.8, 4) is 17.2 Å². The maximum atomic E-state index is 5.98. The van der Waals surface area contributed by atoms with Crippen LogP contribution in [0.2, 0.25) is 0 Å². The summed E-state index contributed by atoms with van der Waals surface area (Å²) in [5.41, 5.74) is 7.92. The molecule has 0 aliphatic rings. The van der Waals surface area contributed by atoms with Crippen molar-refractivity contribution in [1.82, 2.24) is 10.2 Å². The number of hydrogen-bond donors (Lipinski definition) is 1. The summed E-state index contributed by atoms with van der Waals surface area (Å²) in [5, 5.41) is 10.9. The van der Waals surface area contributed by atoms with Gasteiger partial charge in [-0.3, -0.25) is 0 Å². The Hall–Kier alpha value is -2.83. The minimum atomic E-state index is -0.230. The largest absolute Gasteiger partial charge is 0.494 e. The predicted octanol–water partition coefficient (Wildman–Crippen LogP) is 5.83. The Morgan fingerprint density at radius 3 is 2.48 bits per heavy atom. The third-order valence-electron chi connectivity index (χ3n) is 4.89. The van der Waals surface area contributed by atoms with E-state index in [4.69, 9.17) is 14.9 Å². The molecule has 0 spiro atoms. The van der Waals surface area contributed by atoms with Gasteiger partial charge in [0.2, 0.25) is 11.8 Å². The molecule has 31 heavy (non-hydrogen) atoms. The third kappa shape index (κ3) is 6.09. The Morgan fingerprint density at radius 2 is 1.71 bits per heavy atom. The molecule has 0 radical (unpaired) electrons. The van der Waals surface area contributed by atoms with Gasteiger partial charge in [0, 0.05) is 16.9 Å². The molecular weight excluding hydrogens is 406 g/mol. The zero-order chi connectivity index (χ0) is 21.7. The molecule has 0 aliphatic carbocycles. The lowest BCUT2D eigenvalue weighted by Crippen LogP contribution is -2.33. The number of fused-ring (bicyclic) bond motifs is 1. The molecule has 0 amide bonds. The minimum Gasteiger partial charge on any atom is -0.494 e. The van der Waals surface area contributed by atoms with Gasteiger partial charge in [-0.05, 0) is 60.9 Å². The summed E-state index contributed by atoms with van der Waals surface area (Å²) in [6.07, 6.45) is 0.790. The van der Waals surface area contributed by atoms with Crippen LogP contribution in [0.1, 0.15) is 31.7 Å². The third-order valence-corrected chi connectivity index (χ3v) is 5.88. The second-order valence-electron chi connectivity index (χ2n) is 8.29. The lowest BCUT2D eigenvalue weighted by molar-refractivity contribution is 0.274. The monoisotopic (exact) mass is 433 g/mol. The number of aromatic nitrogens is 2. The normalized spacial score (nSPS) is 11.7. The van der Waals surface area contributed by atoms with Crippen LogP contribution in [0.4, 0.5) is 0 Å². The average molecular weight is 434 g/mol. The summed E-state index contributed by atoms with van der Waals surface area (Å²) in [6, 6.07) is 22.7. The van der Waals surface area contributed by atoms with E-state index in [1.54, 1.807) is 11.8 Å². The highest BCUT2D eigenvalue weighted by Crippen LogP contribution is 2.25. The van der Waals surface area contributed by atoms with E-state index in [0.717, 1.165) is 23.5 Å². The van der Waals surface area contributed by atoms with Gasteiger partial charge in [-0.15, -0.1) is 22.0 Å². The molecule has 1 aromatic heterocycles. The van der Waals surface area contributed by atoms with E-state index in [0.29, 0.717) is 24.1 Å². The zero-order valence-electron chi connectivity index (χ0n) is 17.9. The van der Waals surface area contributed by atoms with Crippen LogP contribution in [0.25, 0.3) is 22.2 Å². The Bertz CT molecular complexity index is 1130. The summed E-state index contributed by atoms with van der Waals surface area (Å²) in [5.74, 6) is 3.53. The van der Waals surface area contributed by atoms with Crippen LogP contribution < -0.4 is 10.5 Å². The Morgan fingerprint density at radius 1 is 0.935 bits per heavy atom. The molecule has 4 rings (SSSR count). The van der Waals surface area contributed by atoms with Gasteiger partial charge in [0.1, 0.15) is 5.75 Å². The summed E-state index contributed by atoms with van der Waals surface area (Å²) in [4.78, 5) is 0. The van der Waals surface area contributed by atoms with Crippen molar-refractivity contribution in [2.24, 2.45) is 5.73 Å². The van der Waals surface area contributed by atoms with Crippen LogP contribution in [0, 0.1) is 0 Å². The molecule has 6 heteroatoms. The van der Waals surface area contributed by atoms with Crippen LogP contribution in [-0.4, -0.2) is 22.3 Å². The molecule has 0 saturated carbocycles. The van der Waals surface area contributed by atoms with E-state index in [-0.39, 0.29) is 5.54 Å². The van der Waals surface area contributed by atoms with E-state index in [9.17, 15) is 0 Å². The second kappa shape index (κ2) is 9.54. The Kier molecular flexibility index (Phi) is 6.59. The van der Waals surface area contributed by atoms with Crippen molar-refractivity contribution in [2.75, 3.05) is 6.61 Å². The smallest absolute Gasteiger partial charge is 0.247 e. The number of rotatable bonds is 9. The topological polar surface area (TPSA) is 74.2 Å². The van der Waals surface area contributed by atoms with Crippen molar-refractivity contribution < 1.29 is 9.15 Å². The van der Waals surface area contributed by atoms with Gasteiger partial charge in [0.25, 0.3) is 0 Å². The molecule has 0 fully saturated rings. The SMILES string of the molecule is CC(C)(N)CCOc1ccc(-c2nnc(CSCc3ccc4ccccc4c3)o2)cc1. The van der Waals surface area contributed by atoms with E-state index in [1.165, 1.54) is 16.3 Å². The van der Waals surface area contributed by atoms with E-state index < -0.39 is 0 Å². The molecule has 2 N–H and O–H groups in total. The van der Waals surface area contributed by atoms with Crippen LogP contribution in [0.5, 0.6) is 5.75 Å². The first kappa shape index (κ1) is 21.4. The molecule has 160 valence electrons. The highest BCUT2D eigenvalue weighted by Gasteiger charge is 2.11. The maximum absolute atomic E-state index is 5.98. The lowest BCUT2D eigenvalue weighted by atomic mass is 10.0. The zero-order valence-corrected chi connectivity index (χ0v) is 18.7. The fourth-order valence-corrected chi connectivity index (χ4v) is 3.95. The lowest BCUT2D eigenvalue weighted by Gasteiger charge is -2.18. The van der Waals surface area contributed by atoms with Gasteiger partial charge in [0.15, 0.2) is 0 Å². The first-order valence-corrected chi connectivity index (χ1v) is 11.5. The first-order valence-electron chi connectivity index (χ1n) is 10.4. The molecule has 0 saturated heterocycles. The van der Waals surface area contributed by atoms with Crippen molar-refractivity contribution >= 4 is 22.5 Å². The van der Waals surface area contributed by atoms with Crippen molar-refractivity contribution in [3.63, 3.8) is 0 Å². The summed E-state index contributed by atoms with van der Waals surface area (Å²) < 4.78 is 11.6. The van der Waals surface area contributed by atoms with Crippen LogP contribution in [0.15, 0.2) is 71.1 Å². The van der Waals surface area contributed by atoms with Gasteiger partial charge < -0.3 is 14.9 Å². The van der Waals surface area contributed by atoms with Crippen molar-refractivity contribution in [3.05, 3.63) is 78.2 Å². The van der Waals surface area contributed by atoms with Crippen molar-refractivity contribution in [1.29, 1.82) is 0 Å². The molecule has 0 bridgehead atoms. The van der Waals surface area contributed by atoms with Crippen LogP contribution in [0.3, 0.4) is 0 Å². The number of thioether (sulfide) groups is 1. The predicted molar refractivity (Wildman–Crippen MR) is 127 cm³/mol. The summed E-state index contributed by atoms with van der Waals surface area (Å²) >= 11 is 1.76. The van der Waals surface area contributed by atoms with E-state index in [1.807, 2.05) is 38.1 Å². The fraction of sp³-hybridized carbons (Fsp3) is 0.280. The number of ether oxygens (including phenoxy) is 1. The second-order valence-corrected chi connectivity index (χ2v) is 9.27. The number of hydrogen-bond acceptors (Lipinski definition) is 6. The summed E-state index contributed by atoms with van der Waals surface area (Å²) in [6.45, 7) is 4.57. The minimum absolute atomic E-state index is 0.230. The molecule has 1 heterocycles. The van der Waals surface area contributed by atoms with E-state index in [2.05, 4.69) is 52.7 Å². The molecule has 5 nitrogen and oxygen atoms in total. The molecule has 4 aromatic rings. The highest BCUT2D eigenvalue weighted by molar-refractivity contribution is 7.97. The van der Waals surface area contributed by atoms with Crippen LogP contribution >= 0.6 is 11.8 Å². The van der Waals surface area contributed by atoms with Crippen molar-refractivity contribution in [2.45, 2.75) is 37.3 Å². The highest BCUT2D eigenvalue weighted by atomic mass is 32.2. The molecular formula is C25H27N3O2S. The van der Waals surface area contributed by atoms with Gasteiger partial charge >= 0.3 is 0 Å². The van der Waals surface area contributed by atoms with Crippen LogP contribution in [-0.2, 0) is 11.5 Å². The number of nitrogens with two attached hydrogens (primary N) is 1. The Labute approximate surface area is 187 Å². The Balaban J connectivity index is 1.29. The van der Waals surface area contributed by atoms with Gasteiger partial charge in [-0.25, -0.2) is 0 Å². The summed E-state index contributed by atoms with van der Waals surface area (Å²) in [7, 11) is 0. The first-order chi connectivity index (χ1) is 15.0. The molecule has 0 aliphatic heterocycles.